The first-order chi connectivity index (χ1) is 11.2. The molecular formula is C18H10F6. The summed E-state index contributed by atoms with van der Waals surface area (Å²) in [5.74, 6) is -0.880. The average molecular weight is 340 g/mol. The Labute approximate surface area is 133 Å². The van der Waals surface area contributed by atoms with E-state index in [0.717, 1.165) is 11.1 Å². The molecule has 6 heteroatoms. The molecule has 0 unspecified atom stereocenters. The van der Waals surface area contributed by atoms with E-state index in [0.29, 0.717) is 23.3 Å². The number of halogens is 6. The van der Waals surface area contributed by atoms with Crippen molar-refractivity contribution in [2.75, 3.05) is 0 Å². The molecule has 0 saturated heterocycles. The van der Waals surface area contributed by atoms with Crippen LogP contribution in [0.3, 0.4) is 0 Å². The summed E-state index contributed by atoms with van der Waals surface area (Å²) < 4.78 is 79.0. The van der Waals surface area contributed by atoms with Gasteiger partial charge in [-0.25, -0.2) is 0 Å². The molecule has 2 aromatic rings. The summed E-state index contributed by atoms with van der Waals surface area (Å²) in [5.41, 5.74) is -0.918. The molecule has 0 fully saturated rings. The molecule has 0 saturated carbocycles. The van der Waals surface area contributed by atoms with Gasteiger partial charge in [-0.1, -0.05) is 36.4 Å². The second-order valence-electron chi connectivity index (χ2n) is 5.99. The molecule has 2 bridgehead atoms. The minimum Gasteiger partial charge on any atom is -0.166 e. The van der Waals surface area contributed by atoms with E-state index >= 15 is 0 Å². The Morgan fingerprint density at radius 2 is 0.958 bits per heavy atom. The van der Waals surface area contributed by atoms with Crippen molar-refractivity contribution < 1.29 is 26.3 Å². The van der Waals surface area contributed by atoms with Crippen molar-refractivity contribution >= 4 is 0 Å². The normalized spacial score (nSPS) is 21.6. The molecule has 5 rings (SSSR count). The van der Waals surface area contributed by atoms with Crippen molar-refractivity contribution in [2.24, 2.45) is 0 Å². The fourth-order valence-corrected chi connectivity index (χ4v) is 3.69. The number of hydrogen-bond donors (Lipinski definition) is 0. The molecular weight excluding hydrogens is 330 g/mol. The Balaban J connectivity index is 2.00. The first-order valence-electron chi connectivity index (χ1n) is 7.27. The Hall–Kier alpha value is -2.24. The van der Waals surface area contributed by atoms with Gasteiger partial charge in [-0.3, -0.25) is 0 Å². The molecule has 24 heavy (non-hydrogen) atoms. The van der Waals surface area contributed by atoms with E-state index in [-0.39, 0.29) is 0 Å². The number of alkyl halides is 6. The lowest BCUT2D eigenvalue weighted by Gasteiger charge is -2.37. The maximum atomic E-state index is 13.2. The van der Waals surface area contributed by atoms with E-state index < -0.39 is 35.3 Å². The Morgan fingerprint density at radius 1 is 0.583 bits per heavy atom. The summed E-state index contributed by atoms with van der Waals surface area (Å²) in [5, 5.41) is 0. The molecule has 3 aliphatic rings. The minimum atomic E-state index is -5.06. The fraction of sp³-hybridized carbons (Fsp3) is 0.222. The van der Waals surface area contributed by atoms with E-state index in [4.69, 9.17) is 0 Å². The van der Waals surface area contributed by atoms with Gasteiger partial charge in [0, 0.05) is 11.8 Å². The van der Waals surface area contributed by atoms with Gasteiger partial charge in [0.2, 0.25) is 0 Å². The van der Waals surface area contributed by atoms with Crippen LogP contribution in [0, 0.1) is 0 Å². The number of rotatable bonds is 0. The SMILES string of the molecule is FC(F)(F)c1cc2c(cc1C(F)(F)F)[C@H]1C=C[C@@H]2c2ccccc21. The lowest BCUT2D eigenvalue weighted by Crippen LogP contribution is -2.24. The van der Waals surface area contributed by atoms with Crippen molar-refractivity contribution in [3.63, 3.8) is 0 Å². The third-order valence-electron chi connectivity index (χ3n) is 4.67. The molecule has 0 radical (unpaired) electrons. The van der Waals surface area contributed by atoms with Gasteiger partial charge in [-0.2, -0.15) is 26.3 Å². The van der Waals surface area contributed by atoms with E-state index in [1.807, 2.05) is 12.1 Å². The molecule has 3 aliphatic carbocycles. The van der Waals surface area contributed by atoms with E-state index in [1.54, 1.807) is 24.3 Å². The monoisotopic (exact) mass is 340 g/mol. The predicted octanol–water partition coefficient (Wildman–Crippen LogP) is 5.87. The van der Waals surface area contributed by atoms with Crippen LogP contribution in [0.4, 0.5) is 26.3 Å². The van der Waals surface area contributed by atoms with Crippen LogP contribution in [0.15, 0.2) is 48.6 Å². The van der Waals surface area contributed by atoms with Gasteiger partial charge in [0.15, 0.2) is 0 Å². The van der Waals surface area contributed by atoms with Gasteiger partial charge in [-0.05, 0) is 34.4 Å². The lowest BCUT2D eigenvalue weighted by atomic mass is 9.67. The predicted molar refractivity (Wildman–Crippen MR) is 75.7 cm³/mol. The third kappa shape index (κ3) is 2.08. The van der Waals surface area contributed by atoms with Crippen LogP contribution in [0.25, 0.3) is 0 Å². The van der Waals surface area contributed by atoms with E-state index in [2.05, 4.69) is 0 Å². The van der Waals surface area contributed by atoms with Gasteiger partial charge >= 0.3 is 12.4 Å². The summed E-state index contributed by atoms with van der Waals surface area (Å²) in [4.78, 5) is 0. The van der Waals surface area contributed by atoms with Crippen molar-refractivity contribution in [3.05, 3.63) is 81.9 Å². The Bertz CT molecular complexity index is 787. The van der Waals surface area contributed by atoms with Crippen LogP contribution in [-0.2, 0) is 12.4 Å². The number of allylic oxidation sites excluding steroid dienone is 2. The van der Waals surface area contributed by atoms with Crippen LogP contribution < -0.4 is 0 Å². The zero-order valence-corrected chi connectivity index (χ0v) is 12.0. The summed E-state index contributed by atoms with van der Waals surface area (Å²) in [7, 11) is 0. The average Bonchev–Trinajstić information content (AvgIpc) is 2.52. The largest absolute Gasteiger partial charge is 0.417 e. The van der Waals surface area contributed by atoms with Gasteiger partial charge in [-0.15, -0.1) is 0 Å². The van der Waals surface area contributed by atoms with Crippen LogP contribution in [0.2, 0.25) is 0 Å². The molecule has 0 amide bonds. The van der Waals surface area contributed by atoms with Crippen molar-refractivity contribution in [1.82, 2.24) is 0 Å². The molecule has 0 spiro atoms. The maximum Gasteiger partial charge on any atom is 0.417 e. The minimum absolute atomic E-state index is 0.307. The number of benzene rings is 2. The van der Waals surface area contributed by atoms with Crippen LogP contribution in [-0.4, -0.2) is 0 Å². The summed E-state index contributed by atoms with van der Waals surface area (Å²) >= 11 is 0. The summed E-state index contributed by atoms with van der Waals surface area (Å²) in [6.07, 6.45) is -6.58. The smallest absolute Gasteiger partial charge is 0.166 e. The second kappa shape index (κ2) is 4.65. The van der Waals surface area contributed by atoms with Crippen LogP contribution in [0.5, 0.6) is 0 Å². The zero-order chi connectivity index (χ0) is 17.3. The highest BCUT2D eigenvalue weighted by molar-refractivity contribution is 5.62. The zero-order valence-electron chi connectivity index (χ0n) is 12.0. The Morgan fingerprint density at radius 3 is 1.29 bits per heavy atom. The van der Waals surface area contributed by atoms with Gasteiger partial charge in [0.05, 0.1) is 11.1 Å². The van der Waals surface area contributed by atoms with Crippen LogP contribution >= 0.6 is 0 Å². The fourth-order valence-electron chi connectivity index (χ4n) is 3.69. The first kappa shape index (κ1) is 15.3. The van der Waals surface area contributed by atoms with Crippen molar-refractivity contribution in [1.29, 1.82) is 0 Å². The highest BCUT2D eigenvalue weighted by Crippen LogP contribution is 2.52. The van der Waals surface area contributed by atoms with Gasteiger partial charge in [0.1, 0.15) is 0 Å². The van der Waals surface area contributed by atoms with Gasteiger partial charge < -0.3 is 0 Å². The highest BCUT2D eigenvalue weighted by atomic mass is 19.4. The van der Waals surface area contributed by atoms with Crippen molar-refractivity contribution in [2.45, 2.75) is 24.2 Å². The second-order valence-corrected chi connectivity index (χ2v) is 5.99. The molecule has 0 nitrogen and oxygen atoms in total. The topological polar surface area (TPSA) is 0 Å². The van der Waals surface area contributed by atoms with Crippen LogP contribution in [0.1, 0.15) is 45.2 Å². The summed E-state index contributed by atoms with van der Waals surface area (Å²) in [6, 6.07) is 8.53. The summed E-state index contributed by atoms with van der Waals surface area (Å²) in [6.45, 7) is 0. The molecule has 124 valence electrons. The molecule has 0 N–H and O–H groups in total. The first-order valence-corrected chi connectivity index (χ1v) is 7.27. The quantitative estimate of drug-likeness (QED) is 0.415. The molecule has 0 aliphatic heterocycles. The Kier molecular flexibility index (Phi) is 2.96. The maximum absolute atomic E-state index is 13.2. The van der Waals surface area contributed by atoms with E-state index in [1.165, 1.54) is 0 Å². The third-order valence-corrected chi connectivity index (χ3v) is 4.67. The molecule has 2 atom stereocenters. The van der Waals surface area contributed by atoms with Crippen molar-refractivity contribution in [3.8, 4) is 0 Å². The highest BCUT2D eigenvalue weighted by Gasteiger charge is 2.46. The molecule has 2 aromatic carbocycles. The lowest BCUT2D eigenvalue weighted by molar-refractivity contribution is -0.162. The standard InChI is InChI=1S/C18H10F6/c19-17(20,21)15-7-13-11-5-6-12(10-4-2-1-3-9(10)11)14(13)8-16(15)18(22,23)24/h1-8,11-12H/t11-,12+. The van der Waals surface area contributed by atoms with Gasteiger partial charge in [0.25, 0.3) is 0 Å². The number of hydrogen-bond acceptors (Lipinski definition) is 0. The molecule has 0 aromatic heterocycles. The van der Waals surface area contributed by atoms with E-state index in [9.17, 15) is 26.3 Å². The molecule has 0 heterocycles.